The normalized spacial score (nSPS) is 11.8. The van der Waals surface area contributed by atoms with Gasteiger partial charge in [0, 0.05) is 5.54 Å². The fourth-order valence-corrected chi connectivity index (χ4v) is 2.60. The molecule has 1 nitrogen and oxygen atoms in total. The van der Waals surface area contributed by atoms with E-state index in [9.17, 15) is 0 Å². The molecule has 20 heavy (non-hydrogen) atoms. The second kappa shape index (κ2) is 8.46. The molecule has 0 saturated carbocycles. The first-order valence-corrected chi connectivity index (χ1v) is 8.32. The Bertz CT molecular complexity index is 387. The zero-order valence-electron chi connectivity index (χ0n) is 14.2. The number of aryl methyl sites for hydroxylation is 3. The van der Waals surface area contributed by atoms with Gasteiger partial charge in [-0.2, -0.15) is 0 Å². The quantitative estimate of drug-likeness (QED) is 0.665. The first-order chi connectivity index (χ1) is 9.46. The van der Waals surface area contributed by atoms with Crippen molar-refractivity contribution in [3.05, 3.63) is 34.9 Å². The first kappa shape index (κ1) is 17.2. The van der Waals surface area contributed by atoms with E-state index < -0.39 is 0 Å². The summed E-state index contributed by atoms with van der Waals surface area (Å²) in [4.78, 5) is 0. The van der Waals surface area contributed by atoms with Gasteiger partial charge in [-0.25, -0.2) is 0 Å². The highest BCUT2D eigenvalue weighted by Gasteiger charge is 2.07. The van der Waals surface area contributed by atoms with Gasteiger partial charge in [0.05, 0.1) is 0 Å². The number of nitrogens with one attached hydrogen (secondary N) is 1. The van der Waals surface area contributed by atoms with E-state index >= 15 is 0 Å². The monoisotopic (exact) mass is 275 g/mol. The fraction of sp³-hybridized carbons (Fsp3) is 0.684. The van der Waals surface area contributed by atoms with Crippen molar-refractivity contribution in [2.24, 2.45) is 0 Å². The lowest BCUT2D eigenvalue weighted by molar-refractivity contribution is 0.417. The Labute approximate surface area is 126 Å². The Morgan fingerprint density at radius 2 is 1.60 bits per heavy atom. The Morgan fingerprint density at radius 1 is 0.900 bits per heavy atom. The lowest BCUT2D eigenvalue weighted by atomic mass is 9.97. The Balaban J connectivity index is 2.28. The number of unbranched alkanes of at least 4 members (excludes halogenated alkanes) is 2. The molecule has 0 saturated heterocycles. The van der Waals surface area contributed by atoms with E-state index in [4.69, 9.17) is 0 Å². The van der Waals surface area contributed by atoms with Crippen LogP contribution < -0.4 is 5.32 Å². The van der Waals surface area contributed by atoms with Crippen LogP contribution in [-0.4, -0.2) is 12.1 Å². The minimum Gasteiger partial charge on any atom is -0.312 e. The van der Waals surface area contributed by atoms with Crippen LogP contribution in [-0.2, 0) is 19.3 Å². The molecule has 114 valence electrons. The third kappa shape index (κ3) is 6.56. The summed E-state index contributed by atoms with van der Waals surface area (Å²) >= 11 is 0. The van der Waals surface area contributed by atoms with E-state index in [1.807, 2.05) is 0 Å². The SMILES string of the molecule is CCc1ccc(CCCCCNC(C)(C)C)cc1CC. The standard InChI is InChI=1S/C19H33N/c1-6-17-13-12-16(15-18(17)7-2)11-9-8-10-14-20-19(3,4)5/h12-13,15,20H,6-11,14H2,1-5H3. The van der Waals surface area contributed by atoms with Gasteiger partial charge in [-0.1, -0.05) is 38.5 Å². The van der Waals surface area contributed by atoms with Gasteiger partial charge in [-0.05, 0) is 76.1 Å². The van der Waals surface area contributed by atoms with Crippen LogP contribution in [0.3, 0.4) is 0 Å². The summed E-state index contributed by atoms with van der Waals surface area (Å²) in [6.45, 7) is 12.3. The summed E-state index contributed by atoms with van der Waals surface area (Å²) in [5.41, 5.74) is 4.83. The zero-order chi connectivity index (χ0) is 15.0. The highest BCUT2D eigenvalue weighted by molar-refractivity contribution is 5.32. The third-order valence-corrected chi connectivity index (χ3v) is 3.83. The van der Waals surface area contributed by atoms with Crippen LogP contribution in [0.5, 0.6) is 0 Å². The molecule has 1 rings (SSSR count). The summed E-state index contributed by atoms with van der Waals surface area (Å²) < 4.78 is 0. The van der Waals surface area contributed by atoms with Crippen LogP contribution in [0.15, 0.2) is 18.2 Å². The van der Waals surface area contributed by atoms with Gasteiger partial charge in [0.25, 0.3) is 0 Å². The molecule has 0 bridgehead atoms. The molecular formula is C19H33N. The predicted octanol–water partition coefficient (Wildman–Crippen LogP) is 4.91. The number of rotatable bonds is 8. The molecule has 0 spiro atoms. The van der Waals surface area contributed by atoms with E-state index in [1.165, 1.54) is 36.8 Å². The van der Waals surface area contributed by atoms with Gasteiger partial charge < -0.3 is 5.32 Å². The molecule has 0 radical (unpaired) electrons. The van der Waals surface area contributed by atoms with Crippen molar-refractivity contribution >= 4 is 0 Å². The summed E-state index contributed by atoms with van der Waals surface area (Å²) in [6.07, 6.45) is 7.45. The van der Waals surface area contributed by atoms with Crippen molar-refractivity contribution in [2.45, 2.75) is 78.7 Å². The van der Waals surface area contributed by atoms with E-state index in [1.54, 1.807) is 5.56 Å². The molecule has 1 N–H and O–H groups in total. The van der Waals surface area contributed by atoms with Crippen molar-refractivity contribution in [3.8, 4) is 0 Å². The van der Waals surface area contributed by atoms with Crippen molar-refractivity contribution in [2.75, 3.05) is 6.54 Å². The molecule has 1 aromatic carbocycles. The number of hydrogen-bond acceptors (Lipinski definition) is 1. The maximum Gasteiger partial charge on any atom is 0.00965 e. The second-order valence-electron chi connectivity index (χ2n) is 6.80. The van der Waals surface area contributed by atoms with Crippen LogP contribution in [0.4, 0.5) is 0 Å². The van der Waals surface area contributed by atoms with E-state index in [0.29, 0.717) is 0 Å². The maximum absolute atomic E-state index is 3.55. The molecule has 0 aliphatic rings. The van der Waals surface area contributed by atoms with Crippen molar-refractivity contribution in [1.82, 2.24) is 5.32 Å². The zero-order valence-corrected chi connectivity index (χ0v) is 14.2. The molecule has 0 aromatic heterocycles. The molecule has 1 heteroatoms. The van der Waals surface area contributed by atoms with Crippen LogP contribution in [0, 0.1) is 0 Å². The van der Waals surface area contributed by atoms with Crippen LogP contribution >= 0.6 is 0 Å². The average Bonchev–Trinajstić information content (AvgIpc) is 2.41. The molecule has 0 aliphatic carbocycles. The minimum atomic E-state index is 0.256. The fourth-order valence-electron chi connectivity index (χ4n) is 2.60. The maximum atomic E-state index is 3.55. The van der Waals surface area contributed by atoms with E-state index in [-0.39, 0.29) is 5.54 Å². The molecule has 1 aromatic rings. The highest BCUT2D eigenvalue weighted by Crippen LogP contribution is 2.15. The van der Waals surface area contributed by atoms with Crippen LogP contribution in [0.25, 0.3) is 0 Å². The summed E-state index contributed by atoms with van der Waals surface area (Å²) in [7, 11) is 0. The molecule has 0 fully saturated rings. The van der Waals surface area contributed by atoms with Gasteiger partial charge in [-0.3, -0.25) is 0 Å². The molecule has 0 amide bonds. The Kier molecular flexibility index (Phi) is 7.29. The van der Waals surface area contributed by atoms with Gasteiger partial charge in [0.1, 0.15) is 0 Å². The molecule has 0 unspecified atom stereocenters. The number of benzene rings is 1. The number of hydrogen-bond donors (Lipinski definition) is 1. The van der Waals surface area contributed by atoms with Gasteiger partial charge in [-0.15, -0.1) is 0 Å². The van der Waals surface area contributed by atoms with Gasteiger partial charge >= 0.3 is 0 Å². The van der Waals surface area contributed by atoms with Crippen molar-refractivity contribution < 1.29 is 0 Å². The van der Waals surface area contributed by atoms with Crippen LogP contribution in [0.2, 0.25) is 0 Å². The largest absolute Gasteiger partial charge is 0.312 e. The second-order valence-corrected chi connectivity index (χ2v) is 6.80. The van der Waals surface area contributed by atoms with E-state index in [0.717, 1.165) is 19.4 Å². The summed E-state index contributed by atoms with van der Waals surface area (Å²) in [5.74, 6) is 0. The third-order valence-electron chi connectivity index (χ3n) is 3.83. The first-order valence-electron chi connectivity index (χ1n) is 8.32. The van der Waals surface area contributed by atoms with E-state index in [2.05, 4.69) is 58.1 Å². The highest BCUT2D eigenvalue weighted by atomic mass is 14.9. The lowest BCUT2D eigenvalue weighted by Crippen LogP contribution is -2.36. The Morgan fingerprint density at radius 3 is 2.20 bits per heavy atom. The van der Waals surface area contributed by atoms with Crippen molar-refractivity contribution in [3.63, 3.8) is 0 Å². The predicted molar refractivity (Wildman–Crippen MR) is 90.5 cm³/mol. The smallest absolute Gasteiger partial charge is 0.00965 e. The van der Waals surface area contributed by atoms with Gasteiger partial charge in [0.2, 0.25) is 0 Å². The Hall–Kier alpha value is -0.820. The topological polar surface area (TPSA) is 12.0 Å². The summed E-state index contributed by atoms with van der Waals surface area (Å²) in [6, 6.07) is 7.08. The lowest BCUT2D eigenvalue weighted by Gasteiger charge is -2.20. The van der Waals surface area contributed by atoms with Crippen LogP contribution in [0.1, 0.15) is 70.6 Å². The molecule has 0 heterocycles. The molecule has 0 atom stereocenters. The minimum absolute atomic E-state index is 0.256. The van der Waals surface area contributed by atoms with Gasteiger partial charge in [0.15, 0.2) is 0 Å². The molecular weight excluding hydrogens is 242 g/mol. The summed E-state index contributed by atoms with van der Waals surface area (Å²) in [5, 5.41) is 3.55. The van der Waals surface area contributed by atoms with Crippen molar-refractivity contribution in [1.29, 1.82) is 0 Å². The molecule has 0 aliphatic heterocycles. The average molecular weight is 275 g/mol.